The van der Waals surface area contributed by atoms with Crippen LogP contribution in [0.4, 0.5) is 0 Å². The van der Waals surface area contributed by atoms with Crippen LogP contribution in [0.3, 0.4) is 0 Å². The molecule has 1 unspecified atom stereocenters. The van der Waals surface area contributed by atoms with E-state index in [1.807, 2.05) is 0 Å². The number of rotatable bonds is 2. The lowest BCUT2D eigenvalue weighted by atomic mass is 10.4. The van der Waals surface area contributed by atoms with Gasteiger partial charge in [0.25, 0.3) is 0 Å². The van der Waals surface area contributed by atoms with Crippen LogP contribution in [-0.2, 0) is 4.57 Å². The van der Waals surface area contributed by atoms with Crippen LogP contribution < -0.4 is 5.73 Å². The second-order valence-electron chi connectivity index (χ2n) is 2.64. The van der Waals surface area contributed by atoms with Crippen LogP contribution >= 0.6 is 7.80 Å². The van der Waals surface area contributed by atoms with Crippen LogP contribution in [-0.4, -0.2) is 11.9 Å². The van der Waals surface area contributed by atoms with Crippen LogP contribution in [0.15, 0.2) is 12.7 Å². The molecule has 9 heavy (non-hydrogen) atoms. The van der Waals surface area contributed by atoms with E-state index < -0.39 is 7.80 Å². The van der Waals surface area contributed by atoms with Crippen molar-refractivity contribution in [1.82, 2.24) is 0 Å². The molecule has 1 fully saturated rings. The van der Waals surface area contributed by atoms with Crippen molar-refractivity contribution in [1.29, 1.82) is 0 Å². The summed E-state index contributed by atoms with van der Waals surface area (Å²) in [5.74, 6) is 0.314. The minimum Gasteiger partial charge on any atom is -0.325 e. The maximum absolute atomic E-state index is 10.9. The Morgan fingerprint density at radius 1 is 2.00 bits per heavy atom. The first-order valence-electron chi connectivity index (χ1n) is 3.03. The predicted octanol–water partition coefficient (Wildman–Crippen LogP) is 1.04. The predicted molar refractivity (Wildman–Crippen MR) is 40.1 cm³/mol. The molecule has 3 heteroatoms. The van der Waals surface area contributed by atoms with Gasteiger partial charge >= 0.3 is 0 Å². The normalized spacial score (nSPS) is 44.0. The zero-order chi connectivity index (χ0) is 7.07. The highest BCUT2D eigenvalue weighted by Gasteiger charge is 2.51. The molecule has 0 bridgehead atoms. The third-order valence-corrected chi connectivity index (χ3v) is 3.89. The summed E-state index contributed by atoms with van der Waals surface area (Å²) in [5.41, 5.74) is 5.71. The van der Waals surface area contributed by atoms with Crippen LogP contribution in [0, 0.1) is 5.92 Å². The van der Waals surface area contributed by atoms with Crippen molar-refractivity contribution in [3.8, 4) is 0 Å². The minimum atomic E-state index is -1.54. The topological polar surface area (TPSA) is 43.1 Å². The van der Waals surface area contributed by atoms with Gasteiger partial charge in [0.05, 0.1) is 13.1 Å². The van der Waals surface area contributed by atoms with E-state index in [1.54, 1.807) is 12.7 Å². The average molecular weight is 145 g/mol. The van der Waals surface area contributed by atoms with Gasteiger partial charge < -0.3 is 10.3 Å². The van der Waals surface area contributed by atoms with Crippen LogP contribution in [0.25, 0.3) is 0 Å². The number of hydrogen-bond acceptors (Lipinski definition) is 2. The Balaban J connectivity index is 2.62. The van der Waals surface area contributed by atoms with E-state index in [4.69, 9.17) is 5.73 Å². The maximum Gasteiger partial charge on any atom is 0.0927 e. The molecule has 1 aliphatic carbocycles. The summed E-state index contributed by atoms with van der Waals surface area (Å²) in [7, 11) is -1.54. The van der Waals surface area contributed by atoms with Crippen LogP contribution in [0.5, 0.6) is 0 Å². The fourth-order valence-electron chi connectivity index (χ4n) is 1.00. The summed E-state index contributed by atoms with van der Waals surface area (Å²) in [6.07, 6.45) is 2.66. The Labute approximate surface area is 55.9 Å². The molecule has 0 heterocycles. The SMILES string of the molecule is C=C[C@@H]1C[C@]1(N)[PH](C)=O. The Kier molecular flexibility index (Phi) is 1.54. The lowest BCUT2D eigenvalue weighted by Crippen LogP contribution is -2.18. The zero-order valence-corrected chi connectivity index (χ0v) is 6.55. The summed E-state index contributed by atoms with van der Waals surface area (Å²) in [6.45, 7) is 5.31. The molecule has 2 N–H and O–H groups in total. The van der Waals surface area contributed by atoms with Crippen molar-refractivity contribution in [3.05, 3.63) is 12.7 Å². The first-order valence-corrected chi connectivity index (χ1v) is 4.94. The highest BCUT2D eigenvalue weighted by Crippen LogP contribution is 2.56. The monoisotopic (exact) mass is 145 g/mol. The second-order valence-corrected chi connectivity index (χ2v) is 4.69. The van der Waals surface area contributed by atoms with Crippen molar-refractivity contribution in [2.75, 3.05) is 6.66 Å². The summed E-state index contributed by atoms with van der Waals surface area (Å²) >= 11 is 0. The Morgan fingerprint density at radius 2 is 2.56 bits per heavy atom. The van der Waals surface area contributed by atoms with Crippen molar-refractivity contribution in [2.45, 2.75) is 11.7 Å². The van der Waals surface area contributed by atoms with E-state index in [2.05, 4.69) is 6.58 Å². The van der Waals surface area contributed by atoms with E-state index in [0.717, 1.165) is 6.42 Å². The van der Waals surface area contributed by atoms with Gasteiger partial charge in [-0.1, -0.05) is 6.08 Å². The molecule has 0 aliphatic heterocycles. The van der Waals surface area contributed by atoms with Gasteiger partial charge in [-0.15, -0.1) is 6.58 Å². The van der Waals surface area contributed by atoms with Gasteiger partial charge in [0.15, 0.2) is 0 Å². The molecule has 52 valence electrons. The fraction of sp³-hybridized carbons (Fsp3) is 0.667. The molecule has 3 atom stereocenters. The maximum atomic E-state index is 10.9. The molecule has 1 aliphatic rings. The van der Waals surface area contributed by atoms with Gasteiger partial charge in [-0.3, -0.25) is 0 Å². The summed E-state index contributed by atoms with van der Waals surface area (Å²) in [6, 6.07) is 0. The lowest BCUT2D eigenvalue weighted by Gasteiger charge is -2.03. The van der Waals surface area contributed by atoms with Crippen molar-refractivity contribution in [3.63, 3.8) is 0 Å². The van der Waals surface area contributed by atoms with Gasteiger partial charge in [-0.2, -0.15) is 0 Å². The number of nitrogens with two attached hydrogens (primary N) is 1. The molecular formula is C6H12NOP. The summed E-state index contributed by atoms with van der Waals surface area (Å²) in [4.78, 5) is 0. The second kappa shape index (κ2) is 1.96. The molecule has 0 amide bonds. The fourth-order valence-corrected chi connectivity index (χ4v) is 2.15. The molecule has 1 rings (SSSR count). The number of hydrogen-bond donors (Lipinski definition) is 1. The van der Waals surface area contributed by atoms with Crippen LogP contribution in [0.1, 0.15) is 6.42 Å². The average Bonchev–Trinajstić information content (AvgIpc) is 2.44. The smallest absolute Gasteiger partial charge is 0.0927 e. The van der Waals surface area contributed by atoms with E-state index in [1.165, 1.54) is 0 Å². The molecule has 0 spiro atoms. The minimum absolute atomic E-state index is 0.314. The van der Waals surface area contributed by atoms with Gasteiger partial charge in [-0.05, 0) is 13.1 Å². The van der Waals surface area contributed by atoms with Gasteiger partial charge in [0, 0.05) is 5.92 Å². The van der Waals surface area contributed by atoms with Crippen LogP contribution in [0.2, 0.25) is 0 Å². The Hall–Kier alpha value is -0.0700. The highest BCUT2D eigenvalue weighted by molar-refractivity contribution is 7.46. The Morgan fingerprint density at radius 3 is 2.67 bits per heavy atom. The van der Waals surface area contributed by atoms with E-state index in [0.29, 0.717) is 5.92 Å². The molecule has 0 aromatic heterocycles. The zero-order valence-electron chi connectivity index (χ0n) is 5.55. The standard InChI is InChI=1S/C6H12NOP/c1-3-5-4-6(5,7)9(2)8/h3,5,9H,1,4,7H2,2H3/t5-,6+/m1/s1. The van der Waals surface area contributed by atoms with Gasteiger partial charge in [-0.25, -0.2) is 0 Å². The summed E-state index contributed by atoms with van der Waals surface area (Å²) < 4.78 is 10.9. The highest BCUT2D eigenvalue weighted by atomic mass is 31.1. The third-order valence-electron chi connectivity index (χ3n) is 2.00. The molecule has 0 aromatic rings. The molecule has 2 nitrogen and oxygen atoms in total. The first-order chi connectivity index (χ1) is 4.11. The Bertz CT molecular complexity index is 168. The molecule has 1 saturated carbocycles. The summed E-state index contributed by atoms with van der Waals surface area (Å²) in [5, 5.41) is -0.355. The quantitative estimate of drug-likeness (QED) is 0.466. The lowest BCUT2D eigenvalue weighted by molar-refractivity contribution is 0.579. The van der Waals surface area contributed by atoms with Crippen molar-refractivity contribution in [2.24, 2.45) is 11.7 Å². The van der Waals surface area contributed by atoms with E-state index in [-0.39, 0.29) is 5.28 Å². The van der Waals surface area contributed by atoms with Crippen molar-refractivity contribution >= 4 is 7.80 Å². The molecule has 0 aromatic carbocycles. The first kappa shape index (κ1) is 7.04. The largest absolute Gasteiger partial charge is 0.325 e. The third kappa shape index (κ3) is 0.973. The van der Waals surface area contributed by atoms with E-state index >= 15 is 0 Å². The molecular weight excluding hydrogens is 133 g/mol. The van der Waals surface area contributed by atoms with E-state index in [9.17, 15) is 4.57 Å². The van der Waals surface area contributed by atoms with Crippen molar-refractivity contribution < 1.29 is 4.57 Å². The van der Waals surface area contributed by atoms with Gasteiger partial charge in [0.2, 0.25) is 0 Å². The van der Waals surface area contributed by atoms with Gasteiger partial charge in [0.1, 0.15) is 0 Å². The molecule has 0 radical (unpaired) electrons. The molecule has 0 saturated heterocycles.